The number of fused-ring (bicyclic) bond motifs is 1. The summed E-state index contributed by atoms with van der Waals surface area (Å²) in [7, 11) is 0. The van der Waals surface area contributed by atoms with Gasteiger partial charge >= 0.3 is 5.97 Å². The summed E-state index contributed by atoms with van der Waals surface area (Å²) in [5, 5.41) is 11.2. The van der Waals surface area contributed by atoms with E-state index in [9.17, 15) is 4.79 Å². The highest BCUT2D eigenvalue weighted by molar-refractivity contribution is 5.84. The Kier molecular flexibility index (Phi) is 4.80. The number of benzene rings is 3. The van der Waals surface area contributed by atoms with E-state index in [1.165, 1.54) is 0 Å². The fourth-order valence-corrected chi connectivity index (χ4v) is 2.67. The van der Waals surface area contributed by atoms with Crippen LogP contribution in [-0.2, 0) is 17.8 Å². The lowest BCUT2D eigenvalue weighted by atomic mass is 9.98. The Hall–Kier alpha value is -2.81. The van der Waals surface area contributed by atoms with Crippen LogP contribution in [0.4, 0.5) is 0 Å². The van der Waals surface area contributed by atoms with Gasteiger partial charge in [0.2, 0.25) is 0 Å². The Labute approximate surface area is 141 Å². The van der Waals surface area contributed by atoms with Crippen molar-refractivity contribution in [2.45, 2.75) is 20.0 Å². The van der Waals surface area contributed by atoms with E-state index in [-0.39, 0.29) is 5.92 Å². The second kappa shape index (κ2) is 7.18. The summed E-state index contributed by atoms with van der Waals surface area (Å²) in [6.07, 6.45) is 0.539. The molecular formula is C21H20O3. The van der Waals surface area contributed by atoms with Gasteiger partial charge in [0.1, 0.15) is 12.4 Å². The molecule has 0 saturated carbocycles. The van der Waals surface area contributed by atoms with Crippen LogP contribution in [0.5, 0.6) is 5.75 Å². The highest BCUT2D eigenvalue weighted by Crippen LogP contribution is 2.24. The van der Waals surface area contributed by atoms with Gasteiger partial charge in [0.25, 0.3) is 0 Å². The van der Waals surface area contributed by atoms with Crippen molar-refractivity contribution in [2.24, 2.45) is 5.92 Å². The number of carboxylic acid groups (broad SMARTS) is 1. The van der Waals surface area contributed by atoms with Gasteiger partial charge in [-0.25, -0.2) is 0 Å². The predicted molar refractivity (Wildman–Crippen MR) is 95.2 cm³/mol. The van der Waals surface area contributed by atoms with Crippen molar-refractivity contribution in [3.8, 4) is 5.75 Å². The topological polar surface area (TPSA) is 46.5 Å². The van der Waals surface area contributed by atoms with E-state index in [0.717, 1.165) is 27.6 Å². The molecule has 1 atom stereocenters. The Morgan fingerprint density at radius 1 is 0.958 bits per heavy atom. The Balaban J connectivity index is 1.73. The van der Waals surface area contributed by atoms with Crippen LogP contribution in [0, 0.1) is 5.92 Å². The molecule has 0 aromatic heterocycles. The number of hydrogen-bond donors (Lipinski definition) is 1. The maximum Gasteiger partial charge on any atom is 0.306 e. The third-order valence-electron chi connectivity index (χ3n) is 4.09. The standard InChI is InChI=1S/C21H20O3/c1-15(21(22)23)11-17-7-8-19-13-20(10-9-18(19)12-17)24-14-16-5-3-2-4-6-16/h2-10,12-13,15H,11,14H2,1H3,(H,22,23)/t15-/m0/s1. The molecule has 0 radical (unpaired) electrons. The highest BCUT2D eigenvalue weighted by atomic mass is 16.5. The van der Waals surface area contributed by atoms with Crippen LogP contribution in [-0.4, -0.2) is 11.1 Å². The normalized spacial score (nSPS) is 12.0. The van der Waals surface area contributed by atoms with Crippen LogP contribution in [0.25, 0.3) is 10.8 Å². The van der Waals surface area contributed by atoms with Crippen LogP contribution >= 0.6 is 0 Å². The molecule has 24 heavy (non-hydrogen) atoms. The van der Waals surface area contributed by atoms with Gasteiger partial charge in [0, 0.05) is 0 Å². The zero-order valence-corrected chi connectivity index (χ0v) is 13.6. The average molecular weight is 320 g/mol. The van der Waals surface area contributed by atoms with Gasteiger partial charge in [-0.1, -0.05) is 61.5 Å². The molecule has 0 bridgehead atoms. The zero-order chi connectivity index (χ0) is 16.9. The number of aliphatic carboxylic acids is 1. The SMILES string of the molecule is C[C@@H](Cc1ccc2cc(OCc3ccccc3)ccc2c1)C(=O)O. The smallest absolute Gasteiger partial charge is 0.306 e. The van der Waals surface area contributed by atoms with Gasteiger partial charge in [-0.15, -0.1) is 0 Å². The molecule has 3 nitrogen and oxygen atoms in total. The van der Waals surface area contributed by atoms with Gasteiger partial charge in [0.05, 0.1) is 5.92 Å². The van der Waals surface area contributed by atoms with Gasteiger partial charge in [0.15, 0.2) is 0 Å². The number of hydrogen-bond acceptors (Lipinski definition) is 2. The molecule has 0 unspecified atom stereocenters. The van der Waals surface area contributed by atoms with Crippen LogP contribution < -0.4 is 4.74 Å². The van der Waals surface area contributed by atoms with Crippen molar-refractivity contribution in [3.63, 3.8) is 0 Å². The van der Waals surface area contributed by atoms with Crippen molar-refractivity contribution < 1.29 is 14.6 Å². The molecule has 1 N–H and O–H groups in total. The number of rotatable bonds is 6. The monoisotopic (exact) mass is 320 g/mol. The molecule has 3 rings (SSSR count). The lowest BCUT2D eigenvalue weighted by Gasteiger charge is -2.10. The molecule has 0 saturated heterocycles. The van der Waals surface area contributed by atoms with Crippen LogP contribution in [0.1, 0.15) is 18.1 Å². The number of carboxylic acids is 1. The minimum atomic E-state index is -0.764. The summed E-state index contributed by atoms with van der Waals surface area (Å²) < 4.78 is 5.85. The first-order valence-electron chi connectivity index (χ1n) is 8.04. The molecule has 0 fully saturated rings. The molecular weight excluding hydrogens is 300 g/mol. The van der Waals surface area contributed by atoms with Crippen LogP contribution in [0.15, 0.2) is 66.7 Å². The molecule has 0 spiro atoms. The van der Waals surface area contributed by atoms with E-state index in [1.807, 2.05) is 60.7 Å². The first-order chi connectivity index (χ1) is 11.6. The predicted octanol–water partition coefficient (Wildman–Crippen LogP) is 4.68. The maximum atomic E-state index is 11.0. The summed E-state index contributed by atoms with van der Waals surface area (Å²) in [6, 6.07) is 22.1. The third kappa shape index (κ3) is 3.93. The van der Waals surface area contributed by atoms with E-state index in [1.54, 1.807) is 6.92 Å². The first-order valence-corrected chi connectivity index (χ1v) is 8.04. The minimum Gasteiger partial charge on any atom is -0.489 e. The van der Waals surface area contributed by atoms with E-state index >= 15 is 0 Å². The van der Waals surface area contributed by atoms with E-state index in [2.05, 4.69) is 6.07 Å². The molecule has 0 aliphatic heterocycles. The molecule has 3 aromatic carbocycles. The Morgan fingerprint density at radius 2 is 1.67 bits per heavy atom. The molecule has 3 aromatic rings. The summed E-state index contributed by atoms with van der Waals surface area (Å²) in [6.45, 7) is 2.27. The Bertz CT molecular complexity index is 840. The summed E-state index contributed by atoms with van der Waals surface area (Å²) in [5.74, 6) is -0.311. The van der Waals surface area contributed by atoms with Crippen LogP contribution in [0.3, 0.4) is 0 Å². The lowest BCUT2D eigenvalue weighted by molar-refractivity contribution is -0.141. The van der Waals surface area contributed by atoms with Gasteiger partial charge < -0.3 is 9.84 Å². The van der Waals surface area contributed by atoms with E-state index in [0.29, 0.717) is 13.0 Å². The fraction of sp³-hybridized carbons (Fsp3) is 0.190. The van der Waals surface area contributed by atoms with Crippen molar-refractivity contribution in [1.82, 2.24) is 0 Å². The molecule has 0 aliphatic rings. The van der Waals surface area contributed by atoms with Crippen molar-refractivity contribution in [2.75, 3.05) is 0 Å². The summed E-state index contributed by atoms with van der Waals surface area (Å²) in [4.78, 5) is 11.0. The van der Waals surface area contributed by atoms with Crippen LogP contribution in [0.2, 0.25) is 0 Å². The second-order valence-electron chi connectivity index (χ2n) is 6.06. The minimum absolute atomic E-state index is 0.379. The summed E-state index contributed by atoms with van der Waals surface area (Å²) in [5.41, 5.74) is 2.17. The molecule has 122 valence electrons. The summed E-state index contributed by atoms with van der Waals surface area (Å²) >= 11 is 0. The molecule has 0 aliphatic carbocycles. The maximum absolute atomic E-state index is 11.0. The number of ether oxygens (including phenoxy) is 1. The quantitative estimate of drug-likeness (QED) is 0.717. The van der Waals surface area contributed by atoms with Crippen molar-refractivity contribution in [3.05, 3.63) is 77.9 Å². The largest absolute Gasteiger partial charge is 0.489 e. The average Bonchev–Trinajstić information content (AvgIpc) is 2.60. The molecule has 0 heterocycles. The van der Waals surface area contributed by atoms with Gasteiger partial charge in [-0.3, -0.25) is 4.79 Å². The molecule has 0 amide bonds. The highest BCUT2D eigenvalue weighted by Gasteiger charge is 2.11. The fourth-order valence-electron chi connectivity index (χ4n) is 2.67. The van der Waals surface area contributed by atoms with Gasteiger partial charge in [-0.2, -0.15) is 0 Å². The van der Waals surface area contributed by atoms with Crippen molar-refractivity contribution >= 4 is 16.7 Å². The number of carbonyl (C=O) groups is 1. The van der Waals surface area contributed by atoms with Gasteiger partial charge in [-0.05, 0) is 40.5 Å². The second-order valence-corrected chi connectivity index (χ2v) is 6.06. The lowest BCUT2D eigenvalue weighted by Crippen LogP contribution is -2.12. The Morgan fingerprint density at radius 3 is 2.42 bits per heavy atom. The molecule has 3 heteroatoms. The van der Waals surface area contributed by atoms with E-state index in [4.69, 9.17) is 9.84 Å². The zero-order valence-electron chi connectivity index (χ0n) is 13.6. The third-order valence-corrected chi connectivity index (χ3v) is 4.09. The van der Waals surface area contributed by atoms with E-state index < -0.39 is 5.97 Å². The van der Waals surface area contributed by atoms with Crippen molar-refractivity contribution in [1.29, 1.82) is 0 Å². The first kappa shape index (κ1) is 16.1.